The van der Waals surface area contributed by atoms with Gasteiger partial charge in [0.1, 0.15) is 5.60 Å². The van der Waals surface area contributed by atoms with Crippen LogP contribution in [0, 0.1) is 0 Å². The van der Waals surface area contributed by atoms with Gasteiger partial charge in [-0.15, -0.1) is 0 Å². The summed E-state index contributed by atoms with van der Waals surface area (Å²) in [5.41, 5.74) is 0.547. The molecule has 0 bridgehead atoms. The number of anilines is 1. The first-order chi connectivity index (χ1) is 10.7. The van der Waals surface area contributed by atoms with Crippen molar-refractivity contribution in [2.24, 2.45) is 0 Å². The number of fused-ring (bicyclic) bond motifs is 1. The van der Waals surface area contributed by atoms with E-state index in [1.165, 1.54) is 10.8 Å². The number of hydrogen-bond donors (Lipinski definition) is 2. The number of hydrogen-bond acceptors (Lipinski definition) is 3. The van der Waals surface area contributed by atoms with Crippen LogP contribution in [-0.2, 0) is 4.74 Å². The Morgan fingerprint density at radius 1 is 1.17 bits per heavy atom. The molecule has 0 saturated heterocycles. The second kappa shape index (κ2) is 7.21. The van der Waals surface area contributed by atoms with Crippen LogP contribution in [0.5, 0.6) is 0 Å². The number of benzene rings is 2. The van der Waals surface area contributed by atoms with Gasteiger partial charge in [0.2, 0.25) is 0 Å². The Hall–Kier alpha value is -1.75. The van der Waals surface area contributed by atoms with Crippen molar-refractivity contribution < 1.29 is 9.53 Å². The first-order valence-electron chi connectivity index (χ1n) is 7.66. The summed E-state index contributed by atoms with van der Waals surface area (Å²) in [5, 5.41) is 8.52. The van der Waals surface area contributed by atoms with Crippen molar-refractivity contribution in [2.75, 3.05) is 11.9 Å². The van der Waals surface area contributed by atoms with E-state index in [1.807, 2.05) is 39.8 Å². The molecule has 0 fully saturated rings. The van der Waals surface area contributed by atoms with Crippen molar-refractivity contribution in [3.8, 4) is 0 Å². The maximum Gasteiger partial charge on any atom is 0.407 e. The highest BCUT2D eigenvalue weighted by Crippen LogP contribution is 2.23. The predicted molar refractivity (Wildman–Crippen MR) is 99.0 cm³/mol. The molecule has 0 aromatic heterocycles. The summed E-state index contributed by atoms with van der Waals surface area (Å²) < 4.78 is 6.29. The van der Waals surface area contributed by atoms with Crippen LogP contribution in [0.1, 0.15) is 27.7 Å². The van der Waals surface area contributed by atoms with E-state index in [0.29, 0.717) is 6.54 Å². The summed E-state index contributed by atoms with van der Waals surface area (Å²) in [7, 11) is 0. The molecule has 2 aromatic rings. The summed E-state index contributed by atoms with van der Waals surface area (Å²) in [6.45, 7) is 8.06. The molecule has 2 rings (SSSR count). The van der Waals surface area contributed by atoms with Crippen molar-refractivity contribution in [1.82, 2.24) is 5.32 Å². The van der Waals surface area contributed by atoms with E-state index in [1.54, 1.807) is 0 Å². The van der Waals surface area contributed by atoms with Crippen molar-refractivity contribution in [3.63, 3.8) is 0 Å². The van der Waals surface area contributed by atoms with Crippen LogP contribution >= 0.6 is 15.9 Å². The maximum absolute atomic E-state index is 11.7. The molecule has 0 aliphatic carbocycles. The van der Waals surface area contributed by atoms with Crippen molar-refractivity contribution in [2.45, 2.75) is 39.3 Å². The predicted octanol–water partition coefficient (Wildman–Crippen LogP) is 4.93. The van der Waals surface area contributed by atoms with Crippen molar-refractivity contribution in [3.05, 3.63) is 40.9 Å². The van der Waals surface area contributed by atoms with Crippen LogP contribution in [-0.4, -0.2) is 24.3 Å². The first-order valence-corrected chi connectivity index (χ1v) is 8.45. The second-order valence-electron chi connectivity index (χ2n) is 6.63. The summed E-state index contributed by atoms with van der Waals surface area (Å²) in [5.74, 6) is 0. The van der Waals surface area contributed by atoms with E-state index in [4.69, 9.17) is 4.74 Å². The van der Waals surface area contributed by atoms with E-state index < -0.39 is 11.7 Å². The number of ether oxygens (including phenoxy) is 1. The minimum Gasteiger partial charge on any atom is -0.444 e. The largest absolute Gasteiger partial charge is 0.444 e. The molecule has 0 radical (unpaired) electrons. The second-order valence-corrected chi connectivity index (χ2v) is 7.55. The average Bonchev–Trinajstić information content (AvgIpc) is 2.43. The lowest BCUT2D eigenvalue weighted by atomic mass is 10.1. The number of nitrogens with one attached hydrogen (secondary N) is 2. The van der Waals surface area contributed by atoms with E-state index >= 15 is 0 Å². The minimum atomic E-state index is -0.479. The Labute approximate surface area is 145 Å². The van der Waals surface area contributed by atoms with E-state index in [2.05, 4.69) is 50.8 Å². The fraction of sp³-hybridized carbons (Fsp3) is 0.389. The zero-order valence-corrected chi connectivity index (χ0v) is 15.5. The number of carbonyl (C=O) groups is 1. The van der Waals surface area contributed by atoms with Gasteiger partial charge in [-0.2, -0.15) is 0 Å². The Balaban J connectivity index is 1.91. The summed E-state index contributed by atoms with van der Waals surface area (Å²) in [4.78, 5) is 11.7. The molecule has 1 amide bonds. The fourth-order valence-electron chi connectivity index (χ4n) is 2.19. The fourth-order valence-corrected chi connectivity index (χ4v) is 2.57. The Morgan fingerprint density at radius 3 is 2.52 bits per heavy atom. The van der Waals surface area contributed by atoms with Gasteiger partial charge in [0.25, 0.3) is 0 Å². The highest BCUT2D eigenvalue weighted by atomic mass is 79.9. The van der Waals surface area contributed by atoms with Crippen LogP contribution in [0.25, 0.3) is 10.8 Å². The van der Waals surface area contributed by atoms with Gasteiger partial charge in [-0.25, -0.2) is 4.79 Å². The Morgan fingerprint density at radius 2 is 1.83 bits per heavy atom. The highest BCUT2D eigenvalue weighted by Gasteiger charge is 2.16. The van der Waals surface area contributed by atoms with Crippen LogP contribution in [0.2, 0.25) is 0 Å². The third-order valence-corrected chi connectivity index (χ3v) is 3.66. The molecule has 23 heavy (non-hydrogen) atoms. The van der Waals surface area contributed by atoms with Crippen LogP contribution in [0.4, 0.5) is 10.5 Å². The topological polar surface area (TPSA) is 50.4 Å². The zero-order valence-electron chi connectivity index (χ0n) is 13.9. The molecular weight excluding hydrogens is 356 g/mol. The van der Waals surface area contributed by atoms with Crippen LogP contribution in [0.3, 0.4) is 0 Å². The Kier molecular flexibility index (Phi) is 5.52. The van der Waals surface area contributed by atoms with Crippen LogP contribution in [0.15, 0.2) is 40.9 Å². The standard InChI is InChI=1S/C18H23BrN2O2/c1-12(11-20-17(22)23-18(2,3)4)21-16-8-6-13-9-15(19)7-5-14(13)10-16/h5-10,12,21H,11H2,1-4H3,(H,20,22). The van der Waals surface area contributed by atoms with Crippen LogP contribution < -0.4 is 10.6 Å². The smallest absolute Gasteiger partial charge is 0.407 e. The molecule has 2 N–H and O–H groups in total. The average molecular weight is 379 g/mol. The first kappa shape index (κ1) is 17.6. The number of alkyl carbamates (subject to hydrolysis) is 1. The van der Waals surface area contributed by atoms with Gasteiger partial charge < -0.3 is 15.4 Å². The summed E-state index contributed by atoms with van der Waals surface area (Å²) in [6, 6.07) is 12.5. The van der Waals surface area contributed by atoms with Gasteiger partial charge in [0.05, 0.1) is 0 Å². The molecule has 0 saturated carbocycles. The van der Waals surface area contributed by atoms with E-state index in [0.717, 1.165) is 10.2 Å². The number of rotatable bonds is 4. The molecule has 124 valence electrons. The number of amides is 1. The molecule has 0 aliphatic rings. The molecule has 5 heteroatoms. The molecular formula is C18H23BrN2O2. The van der Waals surface area contributed by atoms with Gasteiger partial charge in [-0.3, -0.25) is 0 Å². The summed E-state index contributed by atoms with van der Waals surface area (Å²) in [6.07, 6.45) is -0.394. The highest BCUT2D eigenvalue weighted by molar-refractivity contribution is 9.10. The molecule has 1 unspecified atom stereocenters. The Bertz CT molecular complexity index is 695. The van der Waals surface area contributed by atoms with E-state index in [9.17, 15) is 4.79 Å². The molecule has 0 aliphatic heterocycles. The van der Waals surface area contributed by atoms with Crippen molar-refractivity contribution >= 4 is 38.5 Å². The van der Waals surface area contributed by atoms with Gasteiger partial charge in [-0.1, -0.05) is 28.1 Å². The lowest BCUT2D eigenvalue weighted by Crippen LogP contribution is -2.38. The number of carbonyl (C=O) groups excluding carboxylic acids is 1. The third kappa shape index (κ3) is 5.75. The summed E-state index contributed by atoms with van der Waals surface area (Å²) >= 11 is 3.48. The molecule has 2 aromatic carbocycles. The van der Waals surface area contributed by atoms with Crippen molar-refractivity contribution in [1.29, 1.82) is 0 Å². The molecule has 1 atom stereocenters. The molecule has 4 nitrogen and oxygen atoms in total. The van der Waals surface area contributed by atoms with E-state index in [-0.39, 0.29) is 6.04 Å². The molecule has 0 spiro atoms. The van der Waals surface area contributed by atoms with Gasteiger partial charge in [0.15, 0.2) is 0 Å². The van der Waals surface area contributed by atoms with Gasteiger partial charge in [0, 0.05) is 22.7 Å². The minimum absolute atomic E-state index is 0.0930. The molecule has 0 heterocycles. The SMILES string of the molecule is CC(CNC(=O)OC(C)(C)C)Nc1ccc2cc(Br)ccc2c1. The number of halogens is 1. The third-order valence-electron chi connectivity index (χ3n) is 3.17. The monoisotopic (exact) mass is 378 g/mol. The van der Waals surface area contributed by atoms with Gasteiger partial charge in [-0.05, 0) is 62.7 Å². The van der Waals surface area contributed by atoms with Gasteiger partial charge >= 0.3 is 6.09 Å². The lowest BCUT2D eigenvalue weighted by molar-refractivity contribution is 0.0526. The zero-order chi connectivity index (χ0) is 17.0. The maximum atomic E-state index is 11.7. The normalized spacial score (nSPS) is 12.7. The lowest BCUT2D eigenvalue weighted by Gasteiger charge is -2.21. The quantitative estimate of drug-likeness (QED) is 0.792.